The number of rotatable bonds is 13. The summed E-state index contributed by atoms with van der Waals surface area (Å²) in [4.78, 5) is 24.1. The SMILES string of the molecule is C[N+](C)(CCCC[N+](C)(C)CCOC(=O)c1ccccc1)CCOC(=O)c1ccccc1. The molecule has 6 nitrogen and oxygen atoms in total. The number of benzene rings is 2. The molecule has 0 atom stereocenters. The third-order valence-corrected chi connectivity index (χ3v) is 5.66. The maximum atomic E-state index is 12.0. The highest BCUT2D eigenvalue weighted by molar-refractivity contribution is 5.89. The molecule has 0 spiro atoms. The number of hydrogen-bond donors (Lipinski definition) is 0. The van der Waals surface area contributed by atoms with Crippen LogP contribution in [0.25, 0.3) is 0 Å². The predicted molar refractivity (Wildman–Crippen MR) is 126 cm³/mol. The van der Waals surface area contributed by atoms with E-state index in [-0.39, 0.29) is 11.9 Å². The molecule has 174 valence electrons. The molecular formula is C26H38N2O4+2. The summed E-state index contributed by atoms with van der Waals surface area (Å²) in [6.45, 7) is 4.43. The first-order valence-electron chi connectivity index (χ1n) is 11.3. The van der Waals surface area contributed by atoms with Gasteiger partial charge in [0.2, 0.25) is 0 Å². The molecule has 0 aliphatic heterocycles. The van der Waals surface area contributed by atoms with Crippen molar-refractivity contribution in [1.29, 1.82) is 0 Å². The molecule has 2 rings (SSSR count). The van der Waals surface area contributed by atoms with Crippen molar-refractivity contribution in [3.8, 4) is 0 Å². The molecule has 0 aliphatic rings. The largest absolute Gasteiger partial charge is 0.456 e. The van der Waals surface area contributed by atoms with Crippen molar-refractivity contribution in [2.24, 2.45) is 0 Å². The number of unbranched alkanes of at least 4 members (excludes halogenated alkanes) is 1. The van der Waals surface area contributed by atoms with Crippen molar-refractivity contribution in [3.63, 3.8) is 0 Å². The van der Waals surface area contributed by atoms with Crippen molar-refractivity contribution in [2.45, 2.75) is 12.8 Å². The molecule has 0 aliphatic carbocycles. The number of carbonyl (C=O) groups is 2. The Balaban J connectivity index is 1.60. The van der Waals surface area contributed by atoms with Crippen LogP contribution in [-0.4, -0.2) is 88.5 Å². The summed E-state index contributed by atoms with van der Waals surface area (Å²) in [5.74, 6) is -0.532. The molecule has 0 radical (unpaired) electrons. The van der Waals surface area contributed by atoms with E-state index in [9.17, 15) is 9.59 Å². The van der Waals surface area contributed by atoms with E-state index in [1.54, 1.807) is 24.3 Å². The van der Waals surface area contributed by atoms with E-state index < -0.39 is 0 Å². The van der Waals surface area contributed by atoms with Gasteiger partial charge >= 0.3 is 11.9 Å². The van der Waals surface area contributed by atoms with Crippen LogP contribution >= 0.6 is 0 Å². The summed E-state index contributed by atoms with van der Waals surface area (Å²) in [5, 5.41) is 0. The Morgan fingerprint density at radius 3 is 1.28 bits per heavy atom. The minimum Gasteiger partial charge on any atom is -0.456 e. The van der Waals surface area contributed by atoms with Crippen LogP contribution in [0.2, 0.25) is 0 Å². The zero-order valence-electron chi connectivity index (χ0n) is 20.0. The number of nitrogens with zero attached hydrogens (tertiary/aromatic N) is 2. The fourth-order valence-corrected chi connectivity index (χ4v) is 3.39. The molecule has 0 heterocycles. The molecule has 0 saturated heterocycles. The lowest BCUT2D eigenvalue weighted by molar-refractivity contribution is -0.897. The van der Waals surface area contributed by atoms with Crippen molar-refractivity contribution in [3.05, 3.63) is 71.8 Å². The van der Waals surface area contributed by atoms with Gasteiger partial charge in [0.05, 0.1) is 52.4 Å². The average molecular weight is 443 g/mol. The highest BCUT2D eigenvalue weighted by Gasteiger charge is 2.19. The second kappa shape index (κ2) is 12.4. The molecule has 0 saturated carbocycles. The van der Waals surface area contributed by atoms with Gasteiger partial charge in [0.15, 0.2) is 0 Å². The smallest absolute Gasteiger partial charge is 0.338 e. The molecule has 0 amide bonds. The Morgan fingerprint density at radius 1 is 0.594 bits per heavy atom. The van der Waals surface area contributed by atoms with E-state index in [4.69, 9.17) is 9.47 Å². The van der Waals surface area contributed by atoms with E-state index in [1.807, 2.05) is 36.4 Å². The molecule has 2 aromatic carbocycles. The molecule has 0 N–H and O–H groups in total. The quantitative estimate of drug-likeness (QED) is 0.270. The van der Waals surface area contributed by atoms with Crippen molar-refractivity contribution in [2.75, 3.05) is 67.6 Å². The number of likely N-dealkylation sites (N-methyl/N-ethyl adjacent to an activating group) is 2. The Labute approximate surface area is 192 Å². The van der Waals surface area contributed by atoms with Gasteiger partial charge in [-0.05, 0) is 24.3 Å². The van der Waals surface area contributed by atoms with E-state index in [2.05, 4.69) is 28.2 Å². The summed E-state index contributed by atoms with van der Waals surface area (Å²) in [6.07, 6.45) is 2.18. The van der Waals surface area contributed by atoms with E-state index >= 15 is 0 Å². The van der Waals surface area contributed by atoms with E-state index in [0.29, 0.717) is 24.3 Å². The van der Waals surface area contributed by atoms with Gasteiger partial charge in [-0.25, -0.2) is 9.59 Å². The summed E-state index contributed by atoms with van der Waals surface area (Å²) in [5.41, 5.74) is 1.18. The van der Waals surface area contributed by atoms with Crippen molar-refractivity contribution < 1.29 is 28.0 Å². The Hall–Kier alpha value is -2.70. The van der Waals surface area contributed by atoms with Gasteiger partial charge < -0.3 is 18.4 Å². The summed E-state index contributed by atoms with van der Waals surface area (Å²) >= 11 is 0. The maximum absolute atomic E-state index is 12.0. The normalized spacial score (nSPS) is 11.8. The topological polar surface area (TPSA) is 52.6 Å². The number of quaternary nitrogens is 2. The molecule has 0 fully saturated rings. The minimum atomic E-state index is -0.266. The van der Waals surface area contributed by atoms with E-state index in [1.165, 1.54) is 0 Å². The van der Waals surface area contributed by atoms with Crippen LogP contribution in [0.1, 0.15) is 33.6 Å². The van der Waals surface area contributed by atoms with Crippen molar-refractivity contribution >= 4 is 11.9 Å². The fraction of sp³-hybridized carbons (Fsp3) is 0.462. The third kappa shape index (κ3) is 9.62. The first kappa shape index (κ1) is 25.6. The van der Waals surface area contributed by atoms with Crippen LogP contribution in [0.3, 0.4) is 0 Å². The summed E-state index contributed by atoms with van der Waals surface area (Å²) < 4.78 is 12.5. The molecule has 32 heavy (non-hydrogen) atoms. The number of carbonyl (C=O) groups excluding carboxylic acids is 2. The Bertz CT molecular complexity index is 764. The average Bonchev–Trinajstić information content (AvgIpc) is 2.77. The molecule has 6 heteroatoms. The van der Waals surface area contributed by atoms with Gasteiger partial charge in [-0.2, -0.15) is 0 Å². The second-order valence-electron chi connectivity index (χ2n) is 9.48. The van der Waals surface area contributed by atoms with Crippen LogP contribution in [-0.2, 0) is 9.47 Å². The summed E-state index contributed by atoms with van der Waals surface area (Å²) in [6, 6.07) is 18.2. The van der Waals surface area contributed by atoms with Gasteiger partial charge in [-0.15, -0.1) is 0 Å². The molecule has 0 bridgehead atoms. The third-order valence-electron chi connectivity index (χ3n) is 5.66. The lowest BCUT2D eigenvalue weighted by Gasteiger charge is -2.32. The fourth-order valence-electron chi connectivity index (χ4n) is 3.39. The van der Waals surface area contributed by atoms with E-state index in [0.717, 1.165) is 48.0 Å². The monoisotopic (exact) mass is 442 g/mol. The first-order chi connectivity index (χ1) is 15.2. The minimum absolute atomic E-state index is 0.266. The maximum Gasteiger partial charge on any atom is 0.338 e. The highest BCUT2D eigenvalue weighted by atomic mass is 16.5. The van der Waals surface area contributed by atoms with Crippen LogP contribution in [0.5, 0.6) is 0 Å². The molecular weight excluding hydrogens is 404 g/mol. The second-order valence-corrected chi connectivity index (χ2v) is 9.48. The summed E-state index contributed by atoms with van der Waals surface area (Å²) in [7, 11) is 8.66. The van der Waals surface area contributed by atoms with Crippen LogP contribution in [0.4, 0.5) is 0 Å². The number of hydrogen-bond acceptors (Lipinski definition) is 4. The Morgan fingerprint density at radius 2 is 0.938 bits per heavy atom. The number of ether oxygens (including phenoxy) is 2. The zero-order valence-corrected chi connectivity index (χ0v) is 20.0. The van der Waals surface area contributed by atoms with Gasteiger partial charge in [-0.3, -0.25) is 0 Å². The van der Waals surface area contributed by atoms with Gasteiger partial charge in [0.1, 0.15) is 26.3 Å². The molecule has 2 aromatic rings. The zero-order chi connectivity index (χ0) is 23.5. The van der Waals surface area contributed by atoms with Crippen LogP contribution in [0, 0.1) is 0 Å². The van der Waals surface area contributed by atoms with Crippen molar-refractivity contribution in [1.82, 2.24) is 0 Å². The number of esters is 2. The van der Waals surface area contributed by atoms with Gasteiger partial charge in [0, 0.05) is 12.8 Å². The van der Waals surface area contributed by atoms with Gasteiger partial charge in [-0.1, -0.05) is 36.4 Å². The lowest BCUT2D eigenvalue weighted by Crippen LogP contribution is -2.45. The van der Waals surface area contributed by atoms with Gasteiger partial charge in [0.25, 0.3) is 0 Å². The predicted octanol–water partition coefficient (Wildman–Crippen LogP) is 3.63. The van der Waals surface area contributed by atoms with Crippen LogP contribution < -0.4 is 0 Å². The molecule has 0 aromatic heterocycles. The van der Waals surface area contributed by atoms with Crippen LogP contribution in [0.15, 0.2) is 60.7 Å². The Kier molecular flexibility index (Phi) is 9.88. The lowest BCUT2D eigenvalue weighted by atomic mass is 10.2. The highest BCUT2D eigenvalue weighted by Crippen LogP contribution is 2.08. The molecule has 0 unspecified atom stereocenters. The standard InChI is InChI=1S/C26H38N2O4/c1-27(2,19-21-31-25(29)23-13-7-5-8-14-23)17-11-12-18-28(3,4)20-22-32-26(30)24-15-9-6-10-16-24/h5-10,13-16H,11-12,17-22H2,1-4H3/q+2. The first-order valence-corrected chi connectivity index (χ1v) is 11.3.